The number of hydrogen-bond donors (Lipinski definition) is 3. The first-order valence-electron chi connectivity index (χ1n) is 35.2. The standard InChI is InChI=1S/C70H141NO3/c1-3-5-7-9-11-13-15-17-19-21-23-25-27-29-31-32-33-34-35-36-37-38-40-42-44-46-48-50-52-54-56-58-60-62-64-66-70(74)71-68(67-72)69(73)65-63-61-59-57-55-53-51-49-47-45-43-41-39-30-28-26-24-22-20-18-16-14-12-10-8-6-4-2/h68-69,72-73H,3-67H2,1-2H3,(H,71,74). The molecule has 0 spiro atoms. The van der Waals surface area contributed by atoms with Crippen LogP contribution in [0.15, 0.2) is 0 Å². The molecule has 0 aliphatic heterocycles. The van der Waals surface area contributed by atoms with Crippen LogP contribution >= 0.6 is 0 Å². The molecule has 74 heavy (non-hydrogen) atoms. The van der Waals surface area contributed by atoms with Crippen LogP contribution in [0.1, 0.15) is 425 Å². The van der Waals surface area contributed by atoms with E-state index >= 15 is 0 Å². The molecule has 0 radical (unpaired) electrons. The largest absolute Gasteiger partial charge is 0.394 e. The van der Waals surface area contributed by atoms with E-state index in [-0.39, 0.29) is 12.5 Å². The first kappa shape index (κ1) is 73.4. The molecular weight excluding hydrogens is 903 g/mol. The predicted molar refractivity (Wildman–Crippen MR) is 332 cm³/mol. The smallest absolute Gasteiger partial charge is 0.220 e. The third-order valence-electron chi connectivity index (χ3n) is 17.1. The van der Waals surface area contributed by atoms with Crippen LogP contribution in [-0.4, -0.2) is 34.9 Å². The summed E-state index contributed by atoms with van der Waals surface area (Å²) >= 11 is 0. The van der Waals surface area contributed by atoms with Gasteiger partial charge in [0.25, 0.3) is 0 Å². The molecular formula is C70H141NO3. The van der Waals surface area contributed by atoms with Crippen molar-refractivity contribution in [2.45, 2.75) is 437 Å². The van der Waals surface area contributed by atoms with Crippen molar-refractivity contribution >= 4 is 5.91 Å². The van der Waals surface area contributed by atoms with E-state index in [0.717, 1.165) is 25.7 Å². The molecule has 1 amide bonds. The highest BCUT2D eigenvalue weighted by Crippen LogP contribution is 2.20. The number of rotatable bonds is 67. The highest BCUT2D eigenvalue weighted by Gasteiger charge is 2.20. The van der Waals surface area contributed by atoms with Crippen molar-refractivity contribution in [3.8, 4) is 0 Å². The monoisotopic (exact) mass is 1040 g/mol. The van der Waals surface area contributed by atoms with E-state index in [2.05, 4.69) is 19.2 Å². The predicted octanol–water partition coefficient (Wildman–Crippen LogP) is 23.8. The Balaban J connectivity index is 3.35. The van der Waals surface area contributed by atoms with Gasteiger partial charge in [0.1, 0.15) is 0 Å². The maximum absolute atomic E-state index is 12.6. The average Bonchev–Trinajstić information content (AvgIpc) is 3.40. The van der Waals surface area contributed by atoms with Gasteiger partial charge in [0.15, 0.2) is 0 Å². The second kappa shape index (κ2) is 66.7. The van der Waals surface area contributed by atoms with E-state index in [1.165, 1.54) is 372 Å². The lowest BCUT2D eigenvalue weighted by molar-refractivity contribution is -0.123. The molecule has 444 valence electrons. The summed E-state index contributed by atoms with van der Waals surface area (Å²) in [6.45, 7) is 4.42. The molecule has 0 aliphatic carbocycles. The first-order chi connectivity index (χ1) is 36.7. The van der Waals surface area contributed by atoms with Gasteiger partial charge < -0.3 is 15.5 Å². The minimum atomic E-state index is -0.656. The number of unbranched alkanes of at least 4 members (excludes halogenated alkanes) is 60. The number of aliphatic hydroxyl groups is 2. The Morgan fingerprint density at radius 2 is 0.432 bits per heavy atom. The van der Waals surface area contributed by atoms with Gasteiger partial charge >= 0.3 is 0 Å². The first-order valence-corrected chi connectivity index (χ1v) is 35.2. The summed E-state index contributed by atoms with van der Waals surface area (Å²) in [5.74, 6) is -0.0191. The molecule has 0 bridgehead atoms. The maximum Gasteiger partial charge on any atom is 0.220 e. The molecule has 0 rings (SSSR count). The molecule has 2 unspecified atom stereocenters. The fourth-order valence-corrected chi connectivity index (χ4v) is 11.8. The van der Waals surface area contributed by atoms with Gasteiger partial charge in [-0.05, 0) is 12.8 Å². The summed E-state index contributed by atoms with van der Waals surface area (Å²) in [4.78, 5) is 12.6. The van der Waals surface area contributed by atoms with Crippen molar-refractivity contribution in [1.82, 2.24) is 5.32 Å². The summed E-state index contributed by atoms with van der Waals surface area (Å²) in [6.07, 6.45) is 87.4. The number of hydrogen-bond acceptors (Lipinski definition) is 3. The van der Waals surface area contributed by atoms with Crippen LogP contribution < -0.4 is 5.32 Å². The van der Waals surface area contributed by atoms with Crippen molar-refractivity contribution in [2.24, 2.45) is 0 Å². The molecule has 2 atom stereocenters. The van der Waals surface area contributed by atoms with Crippen molar-refractivity contribution in [2.75, 3.05) is 6.61 Å². The van der Waals surface area contributed by atoms with Crippen molar-refractivity contribution < 1.29 is 15.0 Å². The molecule has 0 fully saturated rings. The molecule has 4 heteroatoms. The van der Waals surface area contributed by atoms with Gasteiger partial charge in [0.05, 0.1) is 18.8 Å². The van der Waals surface area contributed by atoms with E-state index in [1.54, 1.807) is 0 Å². The molecule has 0 aromatic carbocycles. The average molecular weight is 1040 g/mol. The van der Waals surface area contributed by atoms with Crippen LogP contribution in [0, 0.1) is 0 Å². The van der Waals surface area contributed by atoms with E-state index in [9.17, 15) is 15.0 Å². The van der Waals surface area contributed by atoms with E-state index < -0.39 is 12.1 Å². The van der Waals surface area contributed by atoms with Crippen LogP contribution in [0.4, 0.5) is 0 Å². The van der Waals surface area contributed by atoms with Crippen LogP contribution in [0.2, 0.25) is 0 Å². The highest BCUT2D eigenvalue weighted by molar-refractivity contribution is 5.76. The van der Waals surface area contributed by atoms with Gasteiger partial charge in [-0.1, -0.05) is 406 Å². The maximum atomic E-state index is 12.6. The van der Waals surface area contributed by atoms with Crippen molar-refractivity contribution in [3.63, 3.8) is 0 Å². The Morgan fingerprint density at radius 1 is 0.270 bits per heavy atom. The Bertz CT molecular complexity index is 1000. The molecule has 0 saturated heterocycles. The van der Waals surface area contributed by atoms with E-state index in [4.69, 9.17) is 0 Å². The lowest BCUT2D eigenvalue weighted by Crippen LogP contribution is -2.45. The summed E-state index contributed by atoms with van der Waals surface area (Å²) in [5.41, 5.74) is 0. The van der Waals surface area contributed by atoms with Gasteiger partial charge in [0, 0.05) is 6.42 Å². The summed E-state index contributed by atoms with van der Waals surface area (Å²) in [6, 6.07) is -0.533. The van der Waals surface area contributed by atoms with Crippen LogP contribution in [0.25, 0.3) is 0 Å². The van der Waals surface area contributed by atoms with Crippen LogP contribution in [0.5, 0.6) is 0 Å². The van der Waals surface area contributed by atoms with E-state index in [1.807, 2.05) is 0 Å². The van der Waals surface area contributed by atoms with Gasteiger partial charge in [0.2, 0.25) is 5.91 Å². The zero-order valence-electron chi connectivity index (χ0n) is 51.4. The fraction of sp³-hybridized carbons (Fsp3) is 0.986. The minimum absolute atomic E-state index is 0.0191. The molecule has 0 heterocycles. The third-order valence-corrected chi connectivity index (χ3v) is 17.1. The Morgan fingerprint density at radius 3 is 0.608 bits per heavy atom. The van der Waals surface area contributed by atoms with Gasteiger partial charge in [-0.15, -0.1) is 0 Å². The molecule has 0 aromatic rings. The van der Waals surface area contributed by atoms with Crippen molar-refractivity contribution in [3.05, 3.63) is 0 Å². The molecule has 0 aliphatic rings. The number of amides is 1. The summed E-state index contributed by atoms with van der Waals surface area (Å²) < 4.78 is 0. The number of aliphatic hydroxyl groups excluding tert-OH is 2. The van der Waals surface area contributed by atoms with Gasteiger partial charge in [-0.25, -0.2) is 0 Å². The van der Waals surface area contributed by atoms with Crippen LogP contribution in [-0.2, 0) is 4.79 Å². The topological polar surface area (TPSA) is 69.6 Å². The van der Waals surface area contributed by atoms with Gasteiger partial charge in [-0.2, -0.15) is 0 Å². The number of carbonyl (C=O) groups excluding carboxylic acids is 1. The number of carbonyl (C=O) groups is 1. The summed E-state index contributed by atoms with van der Waals surface area (Å²) in [7, 11) is 0. The molecule has 4 nitrogen and oxygen atoms in total. The van der Waals surface area contributed by atoms with E-state index in [0.29, 0.717) is 12.8 Å². The normalized spacial score (nSPS) is 12.5. The van der Waals surface area contributed by atoms with Crippen molar-refractivity contribution in [1.29, 1.82) is 0 Å². The zero-order valence-corrected chi connectivity index (χ0v) is 51.4. The molecule has 0 aromatic heterocycles. The minimum Gasteiger partial charge on any atom is -0.394 e. The van der Waals surface area contributed by atoms with Gasteiger partial charge in [-0.3, -0.25) is 4.79 Å². The summed E-state index contributed by atoms with van der Waals surface area (Å²) in [5, 5.41) is 23.5. The third kappa shape index (κ3) is 62.2. The molecule has 3 N–H and O–H groups in total. The number of nitrogens with one attached hydrogen (secondary N) is 1. The Labute approximate surface area is 467 Å². The lowest BCUT2D eigenvalue weighted by Gasteiger charge is -2.22. The second-order valence-corrected chi connectivity index (χ2v) is 24.7. The Kier molecular flexibility index (Phi) is 66.1. The second-order valence-electron chi connectivity index (χ2n) is 24.7. The SMILES string of the molecule is CCCCCCCCCCCCCCCCCCCCCCCCCCCCCCCCCCCCCC(=O)NC(CO)C(O)CCCCCCCCCCCCCCCCCCCCCCCCCCCCC. The molecule has 0 saturated carbocycles. The quantitative estimate of drug-likeness (QED) is 0.0532. The highest BCUT2D eigenvalue weighted by atomic mass is 16.3. The zero-order chi connectivity index (χ0) is 53.4. The lowest BCUT2D eigenvalue weighted by atomic mass is 10.0. The van der Waals surface area contributed by atoms with Crippen LogP contribution in [0.3, 0.4) is 0 Å². The fourth-order valence-electron chi connectivity index (χ4n) is 11.8. The Hall–Kier alpha value is -0.610.